The maximum atomic E-state index is 12.9. The summed E-state index contributed by atoms with van der Waals surface area (Å²) in [5.41, 5.74) is 3.64. The largest absolute Gasteiger partial charge is 0.449 e. The summed E-state index contributed by atoms with van der Waals surface area (Å²) in [4.78, 5) is 30.9. The topological polar surface area (TPSA) is 89.4 Å². The first-order valence-corrected chi connectivity index (χ1v) is 11.7. The first kappa shape index (κ1) is 23.5. The number of hydrogen-bond acceptors (Lipinski definition) is 5. The van der Waals surface area contributed by atoms with Gasteiger partial charge < -0.3 is 15.0 Å². The molecule has 1 aromatic carbocycles. The average molecular weight is 462 g/mol. The Labute approximate surface area is 199 Å². The molecule has 1 aliphatic heterocycles. The van der Waals surface area contributed by atoms with Crippen molar-refractivity contribution >= 4 is 12.0 Å². The minimum Gasteiger partial charge on any atom is -0.449 e. The Kier molecular flexibility index (Phi) is 7.57. The highest BCUT2D eigenvalue weighted by Gasteiger charge is 2.28. The number of nitrogens with zero attached hydrogens (tertiary/aromatic N) is 4. The highest BCUT2D eigenvalue weighted by atomic mass is 16.6. The number of piperidine rings is 1. The molecular weight excluding hydrogens is 430 g/mol. The van der Waals surface area contributed by atoms with Crippen LogP contribution < -0.4 is 5.32 Å². The van der Waals surface area contributed by atoms with E-state index in [1.807, 2.05) is 67.2 Å². The smallest absolute Gasteiger partial charge is 0.409 e. The number of benzene rings is 1. The van der Waals surface area contributed by atoms with Crippen molar-refractivity contribution in [2.75, 3.05) is 19.7 Å². The van der Waals surface area contributed by atoms with E-state index in [1.165, 1.54) is 0 Å². The van der Waals surface area contributed by atoms with Crippen LogP contribution in [0.25, 0.3) is 16.9 Å². The molecule has 1 aliphatic rings. The molecule has 0 unspecified atom stereocenters. The van der Waals surface area contributed by atoms with Crippen LogP contribution in [0.15, 0.2) is 61.1 Å². The molecule has 8 heteroatoms. The Hall–Kier alpha value is -3.68. The molecule has 3 heterocycles. The summed E-state index contributed by atoms with van der Waals surface area (Å²) in [6, 6.07) is 13.7. The summed E-state index contributed by atoms with van der Waals surface area (Å²) >= 11 is 0. The normalized spacial score (nSPS) is 14.3. The van der Waals surface area contributed by atoms with E-state index in [2.05, 4.69) is 10.3 Å². The minimum atomic E-state index is -0.289. The lowest BCUT2D eigenvalue weighted by Gasteiger charge is -2.30. The van der Waals surface area contributed by atoms with Crippen LogP contribution in [0.1, 0.15) is 32.3 Å². The molecule has 4 rings (SSSR count). The van der Waals surface area contributed by atoms with E-state index in [0.717, 1.165) is 22.5 Å². The van der Waals surface area contributed by atoms with Gasteiger partial charge in [0.25, 0.3) is 0 Å². The molecular formula is C26H31N5O3. The van der Waals surface area contributed by atoms with Crippen molar-refractivity contribution in [1.82, 2.24) is 25.0 Å². The number of rotatable bonds is 7. The van der Waals surface area contributed by atoms with E-state index in [0.29, 0.717) is 45.0 Å². The Bertz CT molecular complexity index is 1090. The first-order valence-electron chi connectivity index (χ1n) is 11.7. The third-order valence-corrected chi connectivity index (χ3v) is 5.88. The van der Waals surface area contributed by atoms with Crippen molar-refractivity contribution in [2.45, 2.75) is 33.2 Å². The second-order valence-electron chi connectivity index (χ2n) is 8.97. The summed E-state index contributed by atoms with van der Waals surface area (Å²) in [6.07, 6.45) is 6.39. The van der Waals surface area contributed by atoms with Crippen LogP contribution in [-0.4, -0.2) is 51.4 Å². The molecule has 0 spiro atoms. The van der Waals surface area contributed by atoms with Gasteiger partial charge in [-0.3, -0.25) is 9.78 Å². The Morgan fingerprint density at radius 2 is 1.79 bits per heavy atom. The van der Waals surface area contributed by atoms with Gasteiger partial charge in [-0.1, -0.05) is 32.0 Å². The Morgan fingerprint density at radius 3 is 2.47 bits per heavy atom. The summed E-state index contributed by atoms with van der Waals surface area (Å²) in [5.74, 6) is 0.182. The number of para-hydroxylation sites is 1. The van der Waals surface area contributed by atoms with Gasteiger partial charge in [0.05, 0.1) is 18.0 Å². The Balaban J connectivity index is 1.39. The fourth-order valence-electron chi connectivity index (χ4n) is 3.99. The number of likely N-dealkylation sites (tertiary alicyclic amines) is 1. The van der Waals surface area contributed by atoms with Crippen molar-refractivity contribution in [3.05, 3.63) is 66.6 Å². The van der Waals surface area contributed by atoms with Gasteiger partial charge in [-0.2, -0.15) is 5.10 Å². The van der Waals surface area contributed by atoms with E-state index in [-0.39, 0.29) is 17.9 Å². The summed E-state index contributed by atoms with van der Waals surface area (Å²) in [5, 5.41) is 7.86. The molecule has 0 bridgehead atoms. The van der Waals surface area contributed by atoms with Crippen LogP contribution in [-0.2, 0) is 16.1 Å². The summed E-state index contributed by atoms with van der Waals surface area (Å²) in [6.45, 7) is 5.86. The lowest BCUT2D eigenvalue weighted by atomic mass is 9.96. The van der Waals surface area contributed by atoms with E-state index in [4.69, 9.17) is 9.84 Å². The molecule has 1 N–H and O–H groups in total. The molecule has 0 aliphatic carbocycles. The van der Waals surface area contributed by atoms with Gasteiger partial charge in [-0.15, -0.1) is 0 Å². The van der Waals surface area contributed by atoms with Crippen LogP contribution in [0.5, 0.6) is 0 Å². The zero-order valence-corrected chi connectivity index (χ0v) is 19.7. The van der Waals surface area contributed by atoms with Crippen molar-refractivity contribution in [3.8, 4) is 16.9 Å². The summed E-state index contributed by atoms with van der Waals surface area (Å²) < 4.78 is 7.14. The molecule has 1 saturated heterocycles. The maximum Gasteiger partial charge on any atom is 0.409 e. The monoisotopic (exact) mass is 461 g/mol. The molecule has 3 aromatic rings. The number of amides is 2. The zero-order chi connectivity index (χ0) is 23.9. The standard InChI is InChI=1S/C26H31N5O3/c1-19(2)18-34-26(33)30-14-10-21(11-15-30)25(32)28-16-22-17-31(23-6-4-3-5-7-23)29-24(22)20-8-12-27-13-9-20/h3-9,12-13,17,19,21H,10-11,14-16,18H2,1-2H3,(H,28,32). The van der Waals surface area contributed by atoms with Crippen molar-refractivity contribution in [3.63, 3.8) is 0 Å². The molecule has 178 valence electrons. The molecule has 2 amide bonds. The first-order chi connectivity index (χ1) is 16.5. The number of nitrogens with one attached hydrogen (secondary N) is 1. The highest BCUT2D eigenvalue weighted by Crippen LogP contribution is 2.24. The Morgan fingerprint density at radius 1 is 1.09 bits per heavy atom. The lowest BCUT2D eigenvalue weighted by Crippen LogP contribution is -2.43. The molecule has 8 nitrogen and oxygen atoms in total. The summed E-state index contributed by atoms with van der Waals surface area (Å²) in [7, 11) is 0. The van der Waals surface area contributed by atoms with E-state index in [9.17, 15) is 9.59 Å². The quantitative estimate of drug-likeness (QED) is 0.573. The van der Waals surface area contributed by atoms with Crippen LogP contribution in [0.2, 0.25) is 0 Å². The lowest BCUT2D eigenvalue weighted by molar-refractivity contribution is -0.126. The molecule has 0 saturated carbocycles. The number of pyridine rings is 1. The fraction of sp³-hybridized carbons (Fsp3) is 0.385. The van der Waals surface area contributed by atoms with Crippen LogP contribution in [0.3, 0.4) is 0 Å². The predicted molar refractivity (Wildman–Crippen MR) is 129 cm³/mol. The van der Waals surface area contributed by atoms with Gasteiger partial charge in [0.2, 0.25) is 5.91 Å². The highest BCUT2D eigenvalue weighted by molar-refractivity contribution is 5.79. The van der Waals surface area contributed by atoms with Crippen molar-refractivity contribution in [2.24, 2.45) is 11.8 Å². The SMILES string of the molecule is CC(C)COC(=O)N1CCC(C(=O)NCc2cn(-c3ccccc3)nc2-c2ccncc2)CC1. The molecule has 34 heavy (non-hydrogen) atoms. The van der Waals surface area contributed by atoms with Gasteiger partial charge in [-0.25, -0.2) is 9.48 Å². The fourth-order valence-corrected chi connectivity index (χ4v) is 3.99. The maximum absolute atomic E-state index is 12.9. The van der Waals surface area contributed by atoms with E-state index >= 15 is 0 Å². The third-order valence-electron chi connectivity index (χ3n) is 5.88. The molecule has 2 aromatic heterocycles. The number of hydrogen-bond donors (Lipinski definition) is 1. The van der Waals surface area contributed by atoms with Gasteiger partial charge in [0.1, 0.15) is 0 Å². The average Bonchev–Trinajstić information content (AvgIpc) is 3.31. The van der Waals surface area contributed by atoms with Crippen molar-refractivity contribution < 1.29 is 14.3 Å². The zero-order valence-electron chi connectivity index (χ0n) is 19.7. The number of carbonyl (C=O) groups excluding carboxylic acids is 2. The predicted octanol–water partition coefficient (Wildman–Crippen LogP) is 4.06. The number of aromatic nitrogens is 3. The molecule has 0 atom stereocenters. The second-order valence-corrected chi connectivity index (χ2v) is 8.97. The van der Waals surface area contributed by atoms with Crippen LogP contribution in [0.4, 0.5) is 4.79 Å². The van der Waals surface area contributed by atoms with Crippen molar-refractivity contribution in [1.29, 1.82) is 0 Å². The second kappa shape index (κ2) is 11.0. The van der Waals surface area contributed by atoms with Crippen LogP contribution in [0, 0.1) is 11.8 Å². The molecule has 0 radical (unpaired) electrons. The van der Waals surface area contributed by atoms with Gasteiger partial charge in [-0.05, 0) is 43.0 Å². The minimum absolute atomic E-state index is 0.00309. The molecule has 1 fully saturated rings. The van der Waals surface area contributed by atoms with E-state index < -0.39 is 0 Å². The number of ether oxygens (including phenoxy) is 1. The van der Waals surface area contributed by atoms with Gasteiger partial charge in [0, 0.05) is 55.3 Å². The third kappa shape index (κ3) is 5.81. The van der Waals surface area contributed by atoms with E-state index in [1.54, 1.807) is 17.3 Å². The van der Waals surface area contributed by atoms with Crippen LogP contribution >= 0.6 is 0 Å². The van der Waals surface area contributed by atoms with Gasteiger partial charge >= 0.3 is 6.09 Å². The number of carbonyl (C=O) groups is 2. The van der Waals surface area contributed by atoms with Gasteiger partial charge in [0.15, 0.2) is 0 Å².